The largest absolute Gasteiger partial charge is 0.393 e. The summed E-state index contributed by atoms with van der Waals surface area (Å²) in [4.78, 5) is 0. The fraction of sp³-hybridized carbons (Fsp3) is 0.895. The third kappa shape index (κ3) is 6.43. The average molecular weight is 280 g/mol. The zero-order valence-electron chi connectivity index (χ0n) is 14.2. The molecule has 0 bridgehead atoms. The summed E-state index contributed by atoms with van der Waals surface area (Å²) in [5.41, 5.74) is 1.33. The molecule has 0 amide bonds. The van der Waals surface area contributed by atoms with E-state index in [0.29, 0.717) is 5.92 Å². The maximum Gasteiger partial charge on any atom is 0.0571 e. The van der Waals surface area contributed by atoms with Crippen LogP contribution < -0.4 is 0 Å². The van der Waals surface area contributed by atoms with Crippen molar-refractivity contribution >= 4 is 0 Å². The zero-order chi connectivity index (χ0) is 15.1. The maximum atomic E-state index is 10.4. The van der Waals surface area contributed by atoms with Crippen LogP contribution in [0.3, 0.4) is 0 Å². The first-order valence-corrected chi connectivity index (χ1v) is 8.74. The van der Waals surface area contributed by atoms with Gasteiger partial charge in [0.05, 0.1) is 6.10 Å². The standard InChI is InChI=1S/C19H36O/c1-14(2)6-7-16(5)8-13-19(20)18-11-9-17(10-12-18)15(3)4/h14-15,17-20H,5-13H2,1-4H3/t17?,18?,19-/m0/s1. The summed E-state index contributed by atoms with van der Waals surface area (Å²) in [6.45, 7) is 13.4. The fourth-order valence-corrected chi connectivity index (χ4v) is 3.40. The lowest BCUT2D eigenvalue weighted by Crippen LogP contribution is -2.27. The van der Waals surface area contributed by atoms with Gasteiger partial charge in [0.25, 0.3) is 0 Å². The van der Waals surface area contributed by atoms with Crippen molar-refractivity contribution in [2.45, 2.75) is 85.2 Å². The van der Waals surface area contributed by atoms with Gasteiger partial charge in [-0.2, -0.15) is 0 Å². The molecule has 0 radical (unpaired) electrons. The first kappa shape index (κ1) is 17.8. The molecule has 1 saturated carbocycles. The lowest BCUT2D eigenvalue weighted by atomic mass is 9.74. The number of hydrogen-bond acceptors (Lipinski definition) is 1. The van der Waals surface area contributed by atoms with Crippen LogP contribution >= 0.6 is 0 Å². The van der Waals surface area contributed by atoms with Crippen molar-refractivity contribution in [1.29, 1.82) is 0 Å². The summed E-state index contributed by atoms with van der Waals surface area (Å²) in [7, 11) is 0. The number of aliphatic hydroxyl groups excluding tert-OH is 1. The lowest BCUT2D eigenvalue weighted by Gasteiger charge is -2.33. The van der Waals surface area contributed by atoms with Crippen LogP contribution in [0.4, 0.5) is 0 Å². The summed E-state index contributed by atoms with van der Waals surface area (Å²) in [6.07, 6.45) is 9.27. The molecule has 0 unspecified atom stereocenters. The molecular formula is C19H36O. The predicted molar refractivity (Wildman–Crippen MR) is 88.7 cm³/mol. The second-order valence-corrected chi connectivity index (χ2v) is 7.71. The van der Waals surface area contributed by atoms with Gasteiger partial charge in [0, 0.05) is 0 Å². The number of aliphatic hydroxyl groups is 1. The highest BCUT2D eigenvalue weighted by atomic mass is 16.3. The number of rotatable bonds is 8. The molecule has 0 spiro atoms. The molecule has 118 valence electrons. The summed E-state index contributed by atoms with van der Waals surface area (Å²) < 4.78 is 0. The van der Waals surface area contributed by atoms with Crippen molar-refractivity contribution in [1.82, 2.24) is 0 Å². The Morgan fingerprint density at radius 1 is 0.950 bits per heavy atom. The van der Waals surface area contributed by atoms with Gasteiger partial charge in [-0.1, -0.05) is 39.8 Å². The van der Waals surface area contributed by atoms with E-state index < -0.39 is 0 Å². The molecule has 0 aromatic rings. The monoisotopic (exact) mass is 280 g/mol. The van der Waals surface area contributed by atoms with Crippen molar-refractivity contribution in [3.63, 3.8) is 0 Å². The maximum absolute atomic E-state index is 10.4. The molecule has 0 aliphatic heterocycles. The van der Waals surface area contributed by atoms with Crippen LogP contribution in [-0.2, 0) is 0 Å². The normalized spacial score (nSPS) is 25.1. The van der Waals surface area contributed by atoms with Gasteiger partial charge in [-0.25, -0.2) is 0 Å². The Morgan fingerprint density at radius 2 is 1.45 bits per heavy atom. The molecule has 0 saturated heterocycles. The van der Waals surface area contributed by atoms with E-state index in [1.807, 2.05) is 0 Å². The van der Waals surface area contributed by atoms with Crippen molar-refractivity contribution in [3.8, 4) is 0 Å². The Morgan fingerprint density at radius 3 is 1.95 bits per heavy atom. The molecule has 20 heavy (non-hydrogen) atoms. The molecule has 1 heteroatoms. The minimum atomic E-state index is -0.0982. The molecular weight excluding hydrogens is 244 g/mol. The molecule has 1 aliphatic rings. The molecule has 1 fully saturated rings. The van der Waals surface area contributed by atoms with Gasteiger partial charge in [0.1, 0.15) is 0 Å². The van der Waals surface area contributed by atoms with Gasteiger partial charge in [-0.3, -0.25) is 0 Å². The second kappa shape index (κ2) is 8.87. The highest BCUT2D eigenvalue weighted by molar-refractivity contribution is 4.95. The highest BCUT2D eigenvalue weighted by Gasteiger charge is 2.27. The van der Waals surface area contributed by atoms with Crippen LogP contribution in [0, 0.1) is 23.7 Å². The van der Waals surface area contributed by atoms with E-state index in [1.54, 1.807) is 0 Å². The van der Waals surface area contributed by atoms with E-state index in [2.05, 4.69) is 34.3 Å². The third-order valence-electron chi connectivity index (χ3n) is 5.17. The quantitative estimate of drug-likeness (QED) is 0.575. The molecule has 1 rings (SSSR count). The number of allylic oxidation sites excluding steroid dienone is 1. The van der Waals surface area contributed by atoms with E-state index >= 15 is 0 Å². The molecule has 0 aromatic carbocycles. The Labute approximate surface area is 126 Å². The lowest BCUT2D eigenvalue weighted by molar-refractivity contribution is 0.0609. The van der Waals surface area contributed by atoms with Crippen molar-refractivity contribution in [3.05, 3.63) is 12.2 Å². The Hall–Kier alpha value is -0.300. The predicted octanol–water partition coefficient (Wildman–Crippen LogP) is 5.58. The Kier molecular flexibility index (Phi) is 7.87. The van der Waals surface area contributed by atoms with Gasteiger partial charge in [0.15, 0.2) is 0 Å². The molecule has 0 heterocycles. The van der Waals surface area contributed by atoms with Gasteiger partial charge in [0.2, 0.25) is 0 Å². The molecule has 0 aromatic heterocycles. The van der Waals surface area contributed by atoms with E-state index in [4.69, 9.17) is 0 Å². The minimum Gasteiger partial charge on any atom is -0.393 e. The van der Waals surface area contributed by atoms with Crippen molar-refractivity contribution in [2.24, 2.45) is 23.7 Å². The Balaban J connectivity index is 2.20. The van der Waals surface area contributed by atoms with Crippen LogP contribution in [0.5, 0.6) is 0 Å². The first-order chi connectivity index (χ1) is 9.40. The SMILES string of the molecule is C=C(CCC(C)C)CC[C@H](O)C1CCC(C(C)C)CC1. The van der Waals surface area contributed by atoms with Crippen LogP contribution in [0.25, 0.3) is 0 Å². The van der Waals surface area contributed by atoms with Crippen LogP contribution in [0.15, 0.2) is 12.2 Å². The van der Waals surface area contributed by atoms with E-state index in [-0.39, 0.29) is 6.10 Å². The van der Waals surface area contributed by atoms with E-state index in [9.17, 15) is 5.11 Å². The number of hydrogen-bond donors (Lipinski definition) is 1. The molecule has 1 N–H and O–H groups in total. The third-order valence-corrected chi connectivity index (χ3v) is 5.17. The highest BCUT2D eigenvalue weighted by Crippen LogP contribution is 2.36. The van der Waals surface area contributed by atoms with Crippen molar-refractivity contribution < 1.29 is 5.11 Å². The molecule has 1 atom stereocenters. The average Bonchev–Trinajstić information content (AvgIpc) is 2.42. The van der Waals surface area contributed by atoms with Crippen molar-refractivity contribution in [2.75, 3.05) is 0 Å². The summed E-state index contributed by atoms with van der Waals surface area (Å²) in [5.74, 6) is 2.99. The summed E-state index contributed by atoms with van der Waals surface area (Å²) in [5, 5.41) is 10.4. The molecule has 1 aliphatic carbocycles. The van der Waals surface area contributed by atoms with E-state index in [0.717, 1.165) is 37.0 Å². The first-order valence-electron chi connectivity index (χ1n) is 8.74. The topological polar surface area (TPSA) is 20.2 Å². The van der Waals surface area contributed by atoms with Gasteiger partial charge in [-0.05, 0) is 75.0 Å². The van der Waals surface area contributed by atoms with Crippen LogP contribution in [-0.4, -0.2) is 11.2 Å². The summed E-state index contributed by atoms with van der Waals surface area (Å²) >= 11 is 0. The second-order valence-electron chi connectivity index (χ2n) is 7.71. The minimum absolute atomic E-state index is 0.0982. The fourth-order valence-electron chi connectivity index (χ4n) is 3.40. The summed E-state index contributed by atoms with van der Waals surface area (Å²) in [6, 6.07) is 0. The van der Waals surface area contributed by atoms with E-state index in [1.165, 1.54) is 37.7 Å². The van der Waals surface area contributed by atoms with Crippen LogP contribution in [0.2, 0.25) is 0 Å². The molecule has 1 nitrogen and oxygen atoms in total. The zero-order valence-corrected chi connectivity index (χ0v) is 14.2. The smallest absolute Gasteiger partial charge is 0.0571 e. The van der Waals surface area contributed by atoms with Gasteiger partial charge >= 0.3 is 0 Å². The van der Waals surface area contributed by atoms with Gasteiger partial charge < -0.3 is 5.11 Å². The van der Waals surface area contributed by atoms with Gasteiger partial charge in [-0.15, -0.1) is 0 Å². The van der Waals surface area contributed by atoms with Crippen LogP contribution in [0.1, 0.15) is 79.1 Å². The Bertz CT molecular complexity index is 271.